The van der Waals surface area contributed by atoms with E-state index < -0.39 is 0 Å². The molecular weight excluding hydrogens is 256 g/mol. The lowest BCUT2D eigenvalue weighted by Crippen LogP contribution is -2.23. The van der Waals surface area contributed by atoms with Gasteiger partial charge >= 0.3 is 0 Å². The SMILES string of the molecule is O=C(Cn1cncn1)N/N=C\c1c[nH]c2ccccc12. The quantitative estimate of drug-likeness (QED) is 0.544. The van der Waals surface area contributed by atoms with Crippen molar-refractivity contribution in [3.63, 3.8) is 0 Å². The van der Waals surface area contributed by atoms with E-state index in [1.807, 2.05) is 30.5 Å². The number of benzene rings is 1. The highest BCUT2D eigenvalue weighted by Gasteiger charge is 2.02. The average molecular weight is 268 g/mol. The van der Waals surface area contributed by atoms with E-state index in [1.54, 1.807) is 6.21 Å². The minimum Gasteiger partial charge on any atom is -0.361 e. The second kappa shape index (κ2) is 5.35. The van der Waals surface area contributed by atoms with Crippen LogP contribution in [0, 0.1) is 0 Å². The molecular formula is C13H12N6O. The Bertz CT molecular complexity index is 743. The first-order valence-electron chi connectivity index (χ1n) is 6.03. The predicted molar refractivity (Wildman–Crippen MR) is 74.1 cm³/mol. The van der Waals surface area contributed by atoms with Gasteiger partial charge in [0.25, 0.3) is 5.91 Å². The maximum atomic E-state index is 11.6. The molecule has 1 amide bonds. The zero-order valence-electron chi connectivity index (χ0n) is 10.5. The summed E-state index contributed by atoms with van der Waals surface area (Å²) in [5, 5.41) is 8.84. The molecule has 0 aliphatic heterocycles. The summed E-state index contributed by atoms with van der Waals surface area (Å²) in [4.78, 5) is 18.5. The monoisotopic (exact) mass is 268 g/mol. The normalized spacial score (nSPS) is 11.2. The molecule has 3 rings (SSSR count). The Balaban J connectivity index is 1.64. The highest BCUT2D eigenvalue weighted by atomic mass is 16.2. The number of fused-ring (bicyclic) bond motifs is 1. The second-order valence-corrected chi connectivity index (χ2v) is 4.18. The van der Waals surface area contributed by atoms with Gasteiger partial charge in [0.1, 0.15) is 19.2 Å². The van der Waals surface area contributed by atoms with Crippen molar-refractivity contribution in [1.82, 2.24) is 25.2 Å². The van der Waals surface area contributed by atoms with Gasteiger partial charge in [0.2, 0.25) is 0 Å². The third kappa shape index (κ3) is 2.56. The number of hydrogen-bond acceptors (Lipinski definition) is 4. The molecule has 3 aromatic rings. The van der Waals surface area contributed by atoms with Crippen LogP contribution in [0.4, 0.5) is 0 Å². The van der Waals surface area contributed by atoms with Crippen LogP contribution in [0.3, 0.4) is 0 Å². The molecule has 20 heavy (non-hydrogen) atoms. The zero-order valence-corrected chi connectivity index (χ0v) is 10.5. The molecule has 100 valence electrons. The summed E-state index contributed by atoms with van der Waals surface area (Å²) >= 11 is 0. The smallest absolute Gasteiger partial charge is 0.261 e. The lowest BCUT2D eigenvalue weighted by atomic mass is 10.2. The Labute approximate surface area is 114 Å². The predicted octanol–water partition coefficient (Wildman–Crippen LogP) is 0.910. The number of nitrogens with one attached hydrogen (secondary N) is 2. The number of para-hydroxylation sites is 1. The van der Waals surface area contributed by atoms with Crippen molar-refractivity contribution in [3.8, 4) is 0 Å². The number of aromatic amines is 1. The fourth-order valence-corrected chi connectivity index (χ4v) is 1.87. The molecule has 0 saturated heterocycles. The lowest BCUT2D eigenvalue weighted by molar-refractivity contribution is -0.121. The summed E-state index contributed by atoms with van der Waals surface area (Å²) in [7, 11) is 0. The van der Waals surface area contributed by atoms with E-state index >= 15 is 0 Å². The third-order valence-electron chi connectivity index (χ3n) is 2.79. The molecule has 0 fully saturated rings. The van der Waals surface area contributed by atoms with Crippen LogP contribution in [0.2, 0.25) is 0 Å². The van der Waals surface area contributed by atoms with Crippen molar-refractivity contribution in [2.75, 3.05) is 0 Å². The first-order valence-corrected chi connectivity index (χ1v) is 6.03. The van der Waals surface area contributed by atoms with Crippen LogP contribution < -0.4 is 5.43 Å². The van der Waals surface area contributed by atoms with Crippen molar-refractivity contribution in [2.45, 2.75) is 6.54 Å². The van der Waals surface area contributed by atoms with E-state index in [2.05, 4.69) is 25.6 Å². The van der Waals surface area contributed by atoms with E-state index in [9.17, 15) is 4.79 Å². The first-order chi connectivity index (χ1) is 9.83. The molecule has 0 radical (unpaired) electrons. The molecule has 2 aromatic heterocycles. The largest absolute Gasteiger partial charge is 0.361 e. The molecule has 0 spiro atoms. The summed E-state index contributed by atoms with van der Waals surface area (Å²) in [5.74, 6) is -0.258. The molecule has 0 aliphatic carbocycles. The number of hydrazone groups is 1. The Morgan fingerprint density at radius 3 is 3.20 bits per heavy atom. The minimum atomic E-state index is -0.258. The van der Waals surface area contributed by atoms with Crippen molar-refractivity contribution in [1.29, 1.82) is 0 Å². The number of carbonyl (C=O) groups is 1. The number of carbonyl (C=O) groups excluding carboxylic acids is 1. The van der Waals surface area contributed by atoms with Crippen LogP contribution in [0.15, 0.2) is 48.2 Å². The first kappa shape index (κ1) is 12.1. The minimum absolute atomic E-state index is 0.0885. The number of H-pyrrole nitrogens is 1. The maximum absolute atomic E-state index is 11.6. The topological polar surface area (TPSA) is 88.0 Å². The fraction of sp³-hybridized carbons (Fsp3) is 0.0769. The Hall–Kier alpha value is -2.96. The summed E-state index contributed by atoms with van der Waals surface area (Å²) in [6, 6.07) is 7.89. The molecule has 0 bridgehead atoms. The van der Waals surface area contributed by atoms with E-state index in [4.69, 9.17) is 0 Å². The van der Waals surface area contributed by atoms with E-state index in [0.717, 1.165) is 16.5 Å². The number of hydrogen-bond donors (Lipinski definition) is 2. The summed E-state index contributed by atoms with van der Waals surface area (Å²) in [5.41, 5.74) is 4.40. The van der Waals surface area contributed by atoms with Crippen molar-refractivity contribution in [2.24, 2.45) is 5.10 Å². The van der Waals surface area contributed by atoms with Crippen molar-refractivity contribution >= 4 is 23.0 Å². The van der Waals surface area contributed by atoms with Crippen molar-refractivity contribution < 1.29 is 4.79 Å². The van der Waals surface area contributed by atoms with Gasteiger partial charge in [-0.25, -0.2) is 15.1 Å². The fourth-order valence-electron chi connectivity index (χ4n) is 1.87. The van der Waals surface area contributed by atoms with Crippen LogP contribution in [0.25, 0.3) is 10.9 Å². The summed E-state index contributed by atoms with van der Waals surface area (Å²) in [6.45, 7) is 0.0885. The van der Waals surface area contributed by atoms with Crippen LogP contribution >= 0.6 is 0 Å². The third-order valence-corrected chi connectivity index (χ3v) is 2.79. The Morgan fingerprint density at radius 1 is 1.45 bits per heavy atom. The van der Waals surface area contributed by atoms with Gasteiger partial charge < -0.3 is 4.98 Å². The molecule has 7 heteroatoms. The highest BCUT2D eigenvalue weighted by Crippen LogP contribution is 2.15. The highest BCUT2D eigenvalue weighted by molar-refractivity contribution is 5.99. The summed E-state index contributed by atoms with van der Waals surface area (Å²) in [6.07, 6.45) is 6.31. The molecule has 0 unspecified atom stereocenters. The van der Waals surface area contributed by atoms with Gasteiger partial charge in [0, 0.05) is 22.7 Å². The maximum Gasteiger partial charge on any atom is 0.261 e. The van der Waals surface area contributed by atoms with Crippen LogP contribution in [0.5, 0.6) is 0 Å². The molecule has 0 atom stereocenters. The van der Waals surface area contributed by atoms with E-state index in [1.165, 1.54) is 17.3 Å². The molecule has 2 heterocycles. The summed E-state index contributed by atoms with van der Waals surface area (Å²) < 4.78 is 1.43. The number of aromatic nitrogens is 4. The van der Waals surface area contributed by atoms with E-state index in [0.29, 0.717) is 0 Å². The zero-order chi connectivity index (χ0) is 13.8. The second-order valence-electron chi connectivity index (χ2n) is 4.18. The van der Waals surface area contributed by atoms with Crippen LogP contribution in [-0.4, -0.2) is 31.9 Å². The van der Waals surface area contributed by atoms with Gasteiger partial charge in [-0.3, -0.25) is 4.79 Å². The van der Waals surface area contributed by atoms with Crippen LogP contribution in [0.1, 0.15) is 5.56 Å². The van der Waals surface area contributed by atoms with Gasteiger partial charge in [-0.2, -0.15) is 10.2 Å². The van der Waals surface area contributed by atoms with Crippen LogP contribution in [-0.2, 0) is 11.3 Å². The number of amides is 1. The average Bonchev–Trinajstić information content (AvgIpc) is 3.09. The molecule has 1 aromatic carbocycles. The van der Waals surface area contributed by atoms with Gasteiger partial charge in [-0.05, 0) is 6.07 Å². The van der Waals surface area contributed by atoms with Gasteiger partial charge in [-0.1, -0.05) is 18.2 Å². The standard InChI is InChI=1S/C13H12N6O/c20-13(7-19-9-14-8-17-19)18-16-6-10-5-15-12-4-2-1-3-11(10)12/h1-6,8-9,15H,7H2,(H,18,20)/b16-6-. The lowest BCUT2D eigenvalue weighted by Gasteiger charge is -1.98. The van der Waals surface area contributed by atoms with Gasteiger partial charge in [0.15, 0.2) is 0 Å². The van der Waals surface area contributed by atoms with E-state index in [-0.39, 0.29) is 12.5 Å². The number of rotatable bonds is 4. The molecule has 0 saturated carbocycles. The molecule has 2 N–H and O–H groups in total. The molecule has 7 nitrogen and oxygen atoms in total. The van der Waals surface area contributed by atoms with Crippen molar-refractivity contribution in [3.05, 3.63) is 48.7 Å². The van der Waals surface area contributed by atoms with Gasteiger partial charge in [0.05, 0.1) is 6.21 Å². The number of nitrogens with zero attached hydrogens (tertiary/aromatic N) is 4. The Kier molecular flexibility index (Phi) is 3.24. The van der Waals surface area contributed by atoms with Gasteiger partial charge in [-0.15, -0.1) is 0 Å². The Morgan fingerprint density at radius 2 is 2.35 bits per heavy atom. The molecule has 0 aliphatic rings.